The number of anilines is 1. The second-order valence-electron chi connectivity index (χ2n) is 3.81. The van der Waals surface area contributed by atoms with Gasteiger partial charge in [0, 0.05) is 19.0 Å². The second kappa shape index (κ2) is 4.79. The highest BCUT2D eigenvalue weighted by molar-refractivity contribution is 5.32. The van der Waals surface area contributed by atoms with Gasteiger partial charge in [-0.3, -0.25) is 0 Å². The van der Waals surface area contributed by atoms with E-state index in [2.05, 4.69) is 20.9 Å². The van der Waals surface area contributed by atoms with Gasteiger partial charge >= 0.3 is 0 Å². The highest BCUT2D eigenvalue weighted by atomic mass is 16.5. The summed E-state index contributed by atoms with van der Waals surface area (Å²) < 4.78 is 5.00. The van der Waals surface area contributed by atoms with Crippen LogP contribution in [-0.4, -0.2) is 30.2 Å². The first kappa shape index (κ1) is 10.7. The molecule has 2 rings (SSSR count). The van der Waals surface area contributed by atoms with Crippen LogP contribution in [0.3, 0.4) is 0 Å². The summed E-state index contributed by atoms with van der Waals surface area (Å²) in [4.78, 5) is 10.6. The first-order valence-electron chi connectivity index (χ1n) is 5.34. The minimum absolute atomic E-state index is 0.189. The van der Waals surface area contributed by atoms with Crippen molar-refractivity contribution in [3.8, 4) is 11.8 Å². The van der Waals surface area contributed by atoms with Crippen molar-refractivity contribution < 1.29 is 4.74 Å². The molecule has 1 saturated heterocycles. The third-order valence-electron chi connectivity index (χ3n) is 2.81. The Morgan fingerprint density at radius 2 is 2.00 bits per heavy atom. The Bertz CT molecular complexity index is 376. The lowest BCUT2D eigenvalue weighted by atomic mass is 9.99. The lowest BCUT2D eigenvalue weighted by molar-refractivity contribution is 0.410. The van der Waals surface area contributed by atoms with E-state index in [0.29, 0.717) is 5.75 Å². The smallest absolute Gasteiger partial charge is 0.225 e. The summed E-state index contributed by atoms with van der Waals surface area (Å²) in [7, 11) is 1.59. The molecule has 1 aliphatic heterocycles. The van der Waals surface area contributed by atoms with Crippen molar-refractivity contribution in [2.75, 3.05) is 25.1 Å². The first-order valence-corrected chi connectivity index (χ1v) is 5.34. The van der Waals surface area contributed by atoms with Gasteiger partial charge in [0.15, 0.2) is 5.75 Å². The summed E-state index contributed by atoms with van der Waals surface area (Å²) in [5.74, 6) is 1.57. The molecule has 1 fully saturated rings. The molecule has 0 unspecified atom stereocenters. The van der Waals surface area contributed by atoms with Crippen LogP contribution in [0.2, 0.25) is 0 Å². The standard InChI is InChI=1S/C11H14N4O/c1-16-10-7-13-11(14-8-10)15-4-2-9(6-12)3-5-15/h7-9H,2-5H2,1H3. The van der Waals surface area contributed by atoms with Gasteiger partial charge in [0.2, 0.25) is 5.95 Å². The third kappa shape index (κ3) is 2.22. The van der Waals surface area contributed by atoms with Crippen molar-refractivity contribution in [3.63, 3.8) is 0 Å². The molecule has 0 amide bonds. The van der Waals surface area contributed by atoms with Crippen LogP contribution in [0.25, 0.3) is 0 Å². The van der Waals surface area contributed by atoms with E-state index in [1.165, 1.54) is 0 Å². The van der Waals surface area contributed by atoms with Crippen LogP contribution in [0.15, 0.2) is 12.4 Å². The molecule has 1 aromatic heterocycles. The highest BCUT2D eigenvalue weighted by Gasteiger charge is 2.20. The summed E-state index contributed by atoms with van der Waals surface area (Å²) in [5, 5.41) is 8.80. The van der Waals surface area contributed by atoms with Crippen molar-refractivity contribution >= 4 is 5.95 Å². The van der Waals surface area contributed by atoms with E-state index in [4.69, 9.17) is 10.00 Å². The fraction of sp³-hybridized carbons (Fsp3) is 0.545. The molecule has 5 nitrogen and oxygen atoms in total. The van der Waals surface area contributed by atoms with Gasteiger partial charge in [0.05, 0.1) is 25.6 Å². The van der Waals surface area contributed by atoms with Crippen LogP contribution >= 0.6 is 0 Å². The van der Waals surface area contributed by atoms with Crippen LogP contribution in [0.4, 0.5) is 5.95 Å². The number of nitrogens with zero attached hydrogens (tertiary/aromatic N) is 4. The second-order valence-corrected chi connectivity index (χ2v) is 3.81. The predicted molar refractivity (Wildman–Crippen MR) is 59.1 cm³/mol. The first-order chi connectivity index (χ1) is 7.83. The largest absolute Gasteiger partial charge is 0.494 e. The zero-order valence-corrected chi connectivity index (χ0v) is 9.26. The van der Waals surface area contributed by atoms with Gasteiger partial charge in [-0.25, -0.2) is 9.97 Å². The van der Waals surface area contributed by atoms with Gasteiger partial charge < -0.3 is 9.64 Å². The molecular formula is C11H14N4O. The molecule has 0 saturated carbocycles. The van der Waals surface area contributed by atoms with Crippen molar-refractivity contribution in [2.45, 2.75) is 12.8 Å². The maximum absolute atomic E-state index is 8.80. The molecule has 84 valence electrons. The summed E-state index contributed by atoms with van der Waals surface area (Å²) in [6, 6.07) is 2.31. The lowest BCUT2D eigenvalue weighted by Gasteiger charge is -2.28. The van der Waals surface area contributed by atoms with Crippen molar-refractivity contribution in [3.05, 3.63) is 12.4 Å². The maximum atomic E-state index is 8.80. The van der Waals surface area contributed by atoms with Gasteiger partial charge in [-0.1, -0.05) is 0 Å². The minimum Gasteiger partial charge on any atom is -0.494 e. The van der Waals surface area contributed by atoms with E-state index >= 15 is 0 Å². The average Bonchev–Trinajstić information content (AvgIpc) is 2.39. The number of piperidine rings is 1. The monoisotopic (exact) mass is 218 g/mol. The van der Waals surface area contributed by atoms with E-state index in [1.807, 2.05) is 0 Å². The summed E-state index contributed by atoms with van der Waals surface area (Å²) in [5.41, 5.74) is 0. The Morgan fingerprint density at radius 1 is 1.38 bits per heavy atom. The maximum Gasteiger partial charge on any atom is 0.225 e. The van der Waals surface area contributed by atoms with Gasteiger partial charge in [0.1, 0.15) is 0 Å². The molecule has 0 aliphatic carbocycles. The molecule has 0 bridgehead atoms. The molecular weight excluding hydrogens is 204 g/mol. The molecule has 16 heavy (non-hydrogen) atoms. The number of nitriles is 1. The Labute approximate surface area is 94.7 Å². The van der Waals surface area contributed by atoms with Crippen molar-refractivity contribution in [1.29, 1.82) is 5.26 Å². The molecule has 0 spiro atoms. The lowest BCUT2D eigenvalue weighted by Crippen LogP contribution is -2.34. The summed E-state index contributed by atoms with van der Waals surface area (Å²) in [6.07, 6.45) is 5.12. The number of hydrogen-bond donors (Lipinski definition) is 0. The Hall–Kier alpha value is -1.83. The Balaban J connectivity index is 2.00. The fourth-order valence-electron chi connectivity index (χ4n) is 1.79. The zero-order chi connectivity index (χ0) is 11.4. The van der Waals surface area contributed by atoms with E-state index in [1.54, 1.807) is 19.5 Å². The van der Waals surface area contributed by atoms with Crippen LogP contribution in [0.5, 0.6) is 5.75 Å². The fourth-order valence-corrected chi connectivity index (χ4v) is 1.79. The summed E-state index contributed by atoms with van der Waals surface area (Å²) in [6.45, 7) is 1.70. The number of rotatable bonds is 2. The Kier molecular flexibility index (Phi) is 3.20. The number of aromatic nitrogens is 2. The molecule has 1 aliphatic rings. The van der Waals surface area contributed by atoms with Crippen LogP contribution in [0.1, 0.15) is 12.8 Å². The van der Waals surface area contributed by atoms with E-state index < -0.39 is 0 Å². The Morgan fingerprint density at radius 3 is 2.50 bits per heavy atom. The SMILES string of the molecule is COc1cnc(N2CCC(C#N)CC2)nc1. The predicted octanol–water partition coefficient (Wildman–Crippen LogP) is 1.23. The normalized spacial score (nSPS) is 16.9. The summed E-state index contributed by atoms with van der Waals surface area (Å²) >= 11 is 0. The van der Waals surface area contributed by atoms with Crippen molar-refractivity contribution in [2.24, 2.45) is 5.92 Å². The molecule has 0 N–H and O–H groups in total. The van der Waals surface area contributed by atoms with Gasteiger partial charge in [-0.2, -0.15) is 5.26 Å². The number of ether oxygens (including phenoxy) is 1. The molecule has 0 aromatic carbocycles. The molecule has 2 heterocycles. The van der Waals surface area contributed by atoms with Crippen LogP contribution in [-0.2, 0) is 0 Å². The van der Waals surface area contributed by atoms with E-state index in [9.17, 15) is 0 Å². The van der Waals surface area contributed by atoms with Gasteiger partial charge in [-0.15, -0.1) is 0 Å². The molecule has 0 atom stereocenters. The quantitative estimate of drug-likeness (QED) is 0.747. The van der Waals surface area contributed by atoms with Gasteiger partial charge in [-0.05, 0) is 12.8 Å². The molecule has 1 aromatic rings. The third-order valence-corrected chi connectivity index (χ3v) is 2.81. The van der Waals surface area contributed by atoms with Crippen molar-refractivity contribution in [1.82, 2.24) is 9.97 Å². The zero-order valence-electron chi connectivity index (χ0n) is 9.26. The molecule has 0 radical (unpaired) electrons. The average molecular weight is 218 g/mol. The van der Waals surface area contributed by atoms with E-state index in [-0.39, 0.29) is 5.92 Å². The van der Waals surface area contributed by atoms with E-state index in [0.717, 1.165) is 31.9 Å². The van der Waals surface area contributed by atoms with Gasteiger partial charge in [0.25, 0.3) is 0 Å². The minimum atomic E-state index is 0.189. The molecule has 5 heteroatoms. The topological polar surface area (TPSA) is 62.0 Å². The van der Waals surface area contributed by atoms with Crippen LogP contribution in [0, 0.1) is 17.2 Å². The highest BCUT2D eigenvalue weighted by Crippen LogP contribution is 2.20. The number of hydrogen-bond acceptors (Lipinski definition) is 5. The number of methoxy groups -OCH3 is 1. The van der Waals surface area contributed by atoms with Crippen LogP contribution < -0.4 is 9.64 Å².